The Balaban J connectivity index is 2.28. The second kappa shape index (κ2) is 5.27. The summed E-state index contributed by atoms with van der Waals surface area (Å²) < 4.78 is 15.9. The number of nitrogens with zero attached hydrogens (tertiary/aromatic N) is 1. The van der Waals surface area contributed by atoms with Gasteiger partial charge in [-0.05, 0) is 6.07 Å². The van der Waals surface area contributed by atoms with Gasteiger partial charge in [0.1, 0.15) is 17.2 Å². The Bertz CT molecular complexity index is 521. The van der Waals surface area contributed by atoms with Crippen LogP contribution in [0.2, 0.25) is 0 Å². The van der Waals surface area contributed by atoms with Crippen molar-refractivity contribution in [1.29, 1.82) is 0 Å². The smallest absolute Gasteiger partial charge is 0.221 e. The average Bonchev–Trinajstić information content (AvgIpc) is 2.38. The van der Waals surface area contributed by atoms with Gasteiger partial charge in [0.25, 0.3) is 0 Å². The van der Waals surface area contributed by atoms with Gasteiger partial charge >= 0.3 is 0 Å². The summed E-state index contributed by atoms with van der Waals surface area (Å²) in [5.41, 5.74) is 6.25. The van der Waals surface area contributed by atoms with Gasteiger partial charge in [-0.1, -0.05) is 0 Å². The van der Waals surface area contributed by atoms with Gasteiger partial charge in [-0.2, -0.15) is 0 Å². The topological polar surface area (TPSA) is 66.6 Å². The lowest BCUT2D eigenvalue weighted by Gasteiger charge is -2.09. The zero-order valence-electron chi connectivity index (χ0n) is 10.2. The Kier molecular flexibility index (Phi) is 3.52. The van der Waals surface area contributed by atoms with Crippen LogP contribution in [-0.4, -0.2) is 19.2 Å². The van der Waals surface area contributed by atoms with E-state index in [1.54, 1.807) is 50.7 Å². The first-order valence-corrected chi connectivity index (χ1v) is 5.33. The normalized spacial score (nSPS) is 9.89. The molecule has 1 aromatic heterocycles. The van der Waals surface area contributed by atoms with Crippen LogP contribution < -0.4 is 19.9 Å². The molecule has 0 radical (unpaired) electrons. The number of nitrogens with two attached hydrogens (primary N) is 1. The molecule has 0 unspecified atom stereocenters. The van der Waals surface area contributed by atoms with Gasteiger partial charge in [0.15, 0.2) is 0 Å². The molecule has 0 saturated carbocycles. The third-order valence-corrected chi connectivity index (χ3v) is 2.31. The van der Waals surface area contributed by atoms with E-state index in [-0.39, 0.29) is 0 Å². The van der Waals surface area contributed by atoms with Gasteiger partial charge in [0, 0.05) is 36.1 Å². The summed E-state index contributed by atoms with van der Waals surface area (Å²) in [6.45, 7) is 0. The van der Waals surface area contributed by atoms with E-state index in [0.29, 0.717) is 28.8 Å². The van der Waals surface area contributed by atoms with E-state index in [1.807, 2.05) is 0 Å². The third-order valence-electron chi connectivity index (χ3n) is 2.31. The summed E-state index contributed by atoms with van der Waals surface area (Å²) in [5, 5.41) is 0. The van der Waals surface area contributed by atoms with Gasteiger partial charge < -0.3 is 19.9 Å². The molecule has 2 N–H and O–H groups in total. The van der Waals surface area contributed by atoms with Crippen LogP contribution in [0, 0.1) is 0 Å². The number of nitrogen functional groups attached to an aromatic ring is 1. The van der Waals surface area contributed by atoms with Crippen molar-refractivity contribution in [2.75, 3.05) is 20.0 Å². The molecule has 0 fully saturated rings. The van der Waals surface area contributed by atoms with E-state index in [1.165, 1.54) is 0 Å². The maximum absolute atomic E-state index is 5.66. The molecule has 0 amide bonds. The third kappa shape index (κ3) is 2.82. The molecule has 1 aromatic carbocycles. The summed E-state index contributed by atoms with van der Waals surface area (Å²) in [4.78, 5) is 4.06. The number of rotatable bonds is 4. The number of aromatic nitrogens is 1. The molecule has 0 aliphatic carbocycles. The van der Waals surface area contributed by atoms with Crippen molar-refractivity contribution in [3.63, 3.8) is 0 Å². The van der Waals surface area contributed by atoms with E-state index in [9.17, 15) is 0 Å². The Labute approximate surface area is 105 Å². The quantitative estimate of drug-likeness (QED) is 0.897. The molecule has 0 atom stereocenters. The number of hydrogen-bond donors (Lipinski definition) is 1. The number of anilines is 1. The van der Waals surface area contributed by atoms with Crippen LogP contribution in [0.3, 0.4) is 0 Å². The Morgan fingerprint density at radius 3 is 2.11 bits per heavy atom. The highest BCUT2D eigenvalue weighted by Crippen LogP contribution is 2.30. The lowest BCUT2D eigenvalue weighted by molar-refractivity contribution is 0.385. The molecule has 18 heavy (non-hydrogen) atoms. The second-order valence-corrected chi connectivity index (χ2v) is 3.58. The van der Waals surface area contributed by atoms with Gasteiger partial charge in [0.2, 0.25) is 5.88 Å². The van der Waals surface area contributed by atoms with Crippen molar-refractivity contribution >= 4 is 5.69 Å². The summed E-state index contributed by atoms with van der Waals surface area (Å²) in [5.74, 6) is 2.29. The molecule has 0 bridgehead atoms. The van der Waals surface area contributed by atoms with Gasteiger partial charge in [-0.3, -0.25) is 0 Å². The molecule has 5 heteroatoms. The maximum Gasteiger partial charge on any atom is 0.221 e. The van der Waals surface area contributed by atoms with Crippen molar-refractivity contribution in [2.24, 2.45) is 0 Å². The van der Waals surface area contributed by atoms with Crippen molar-refractivity contribution in [1.82, 2.24) is 4.98 Å². The van der Waals surface area contributed by atoms with Crippen molar-refractivity contribution < 1.29 is 14.2 Å². The van der Waals surface area contributed by atoms with Gasteiger partial charge in [-0.15, -0.1) is 0 Å². The first-order chi connectivity index (χ1) is 8.71. The minimum absolute atomic E-state index is 0.422. The number of pyridine rings is 1. The highest BCUT2D eigenvalue weighted by molar-refractivity contribution is 5.45. The molecule has 5 nitrogen and oxygen atoms in total. The predicted octanol–water partition coefficient (Wildman–Crippen LogP) is 2.47. The van der Waals surface area contributed by atoms with E-state index in [4.69, 9.17) is 19.9 Å². The van der Waals surface area contributed by atoms with Crippen LogP contribution >= 0.6 is 0 Å². The Morgan fingerprint density at radius 1 is 0.944 bits per heavy atom. The summed E-state index contributed by atoms with van der Waals surface area (Å²) in [6, 6.07) is 8.59. The number of methoxy groups -OCH3 is 2. The van der Waals surface area contributed by atoms with E-state index >= 15 is 0 Å². The van der Waals surface area contributed by atoms with Crippen molar-refractivity contribution in [3.8, 4) is 23.1 Å². The molecule has 94 valence electrons. The van der Waals surface area contributed by atoms with Crippen LogP contribution in [-0.2, 0) is 0 Å². The Morgan fingerprint density at radius 2 is 1.56 bits per heavy atom. The molecule has 0 aliphatic heterocycles. The predicted molar refractivity (Wildman–Crippen MR) is 68.3 cm³/mol. The number of hydrogen-bond acceptors (Lipinski definition) is 5. The van der Waals surface area contributed by atoms with Crippen LogP contribution in [0.1, 0.15) is 0 Å². The van der Waals surface area contributed by atoms with Crippen LogP contribution in [0.4, 0.5) is 5.69 Å². The second-order valence-electron chi connectivity index (χ2n) is 3.58. The fourth-order valence-corrected chi connectivity index (χ4v) is 1.44. The lowest BCUT2D eigenvalue weighted by atomic mass is 10.3. The minimum atomic E-state index is 0.422. The Hall–Kier alpha value is -2.43. The van der Waals surface area contributed by atoms with Crippen molar-refractivity contribution in [2.45, 2.75) is 0 Å². The van der Waals surface area contributed by atoms with E-state index in [0.717, 1.165) is 0 Å². The fourth-order valence-electron chi connectivity index (χ4n) is 1.44. The molecule has 2 rings (SSSR count). The number of ether oxygens (including phenoxy) is 3. The zero-order chi connectivity index (χ0) is 13.0. The van der Waals surface area contributed by atoms with Crippen molar-refractivity contribution in [3.05, 3.63) is 36.5 Å². The molecular formula is C13H14N2O3. The maximum atomic E-state index is 5.66. The molecule has 1 heterocycles. The molecule has 2 aromatic rings. The van der Waals surface area contributed by atoms with E-state index in [2.05, 4.69) is 4.98 Å². The molecular weight excluding hydrogens is 232 g/mol. The first kappa shape index (κ1) is 12.0. The highest BCUT2D eigenvalue weighted by Gasteiger charge is 2.05. The average molecular weight is 246 g/mol. The molecule has 0 saturated heterocycles. The van der Waals surface area contributed by atoms with Crippen LogP contribution in [0.25, 0.3) is 0 Å². The van der Waals surface area contributed by atoms with Crippen LogP contribution in [0.15, 0.2) is 36.5 Å². The molecule has 0 spiro atoms. The SMILES string of the molecule is COc1cc(OC)cc(Oc2cc(N)ccn2)c1. The zero-order valence-corrected chi connectivity index (χ0v) is 10.2. The standard InChI is InChI=1S/C13H14N2O3/c1-16-10-6-11(17-2)8-12(7-10)18-13-5-9(14)3-4-15-13/h3-8H,1-2H3,(H2,14,15). The van der Waals surface area contributed by atoms with Gasteiger partial charge in [0.05, 0.1) is 14.2 Å². The summed E-state index contributed by atoms with van der Waals surface area (Å²) in [7, 11) is 3.16. The lowest BCUT2D eigenvalue weighted by Crippen LogP contribution is -1.93. The molecule has 0 aliphatic rings. The van der Waals surface area contributed by atoms with Gasteiger partial charge in [-0.25, -0.2) is 4.98 Å². The monoisotopic (exact) mass is 246 g/mol. The highest BCUT2D eigenvalue weighted by atomic mass is 16.5. The largest absolute Gasteiger partial charge is 0.496 e. The summed E-state index contributed by atoms with van der Waals surface area (Å²) >= 11 is 0. The fraction of sp³-hybridized carbons (Fsp3) is 0.154. The minimum Gasteiger partial charge on any atom is -0.496 e. The number of benzene rings is 1. The summed E-state index contributed by atoms with van der Waals surface area (Å²) in [6.07, 6.45) is 1.59. The van der Waals surface area contributed by atoms with Crippen LogP contribution in [0.5, 0.6) is 23.1 Å². The van der Waals surface area contributed by atoms with E-state index < -0.39 is 0 Å². The first-order valence-electron chi connectivity index (χ1n) is 5.33.